The third-order valence-corrected chi connectivity index (χ3v) is 5.43. The number of hydrogen-bond acceptors (Lipinski definition) is 7. The molecule has 0 saturated heterocycles. The number of nitrogens with two attached hydrogens (primary N) is 1. The highest BCUT2D eigenvalue weighted by Crippen LogP contribution is 2.11. The van der Waals surface area contributed by atoms with Crippen LogP contribution in [0.15, 0.2) is 24.3 Å². The molecule has 1 atom stereocenters. The topological polar surface area (TPSA) is 192 Å². The monoisotopic (exact) mass is 536 g/mol. The highest BCUT2D eigenvalue weighted by Gasteiger charge is 2.24. The van der Waals surface area contributed by atoms with Crippen molar-refractivity contribution in [3.8, 4) is 0 Å². The Morgan fingerprint density at radius 2 is 1.68 bits per heavy atom. The van der Waals surface area contributed by atoms with E-state index < -0.39 is 30.0 Å². The predicted molar refractivity (Wildman–Crippen MR) is 141 cm³/mol. The van der Waals surface area contributed by atoms with Crippen LogP contribution in [0.5, 0.6) is 0 Å². The SMILES string of the molecule is CC(C)C(NC(=O)CCCCCN)C(=O)NCC(=O)Nc1ccc(COC(=O)N(C)CCNC(=O)O)cc1. The number of carbonyl (C=O) groups excluding carboxylic acids is 4. The summed E-state index contributed by atoms with van der Waals surface area (Å²) in [6, 6.07) is 5.85. The third-order valence-electron chi connectivity index (χ3n) is 5.43. The van der Waals surface area contributed by atoms with E-state index in [0.29, 0.717) is 30.6 Å². The third kappa shape index (κ3) is 13.4. The largest absolute Gasteiger partial charge is 0.465 e. The van der Waals surface area contributed by atoms with E-state index in [4.69, 9.17) is 15.6 Å². The molecule has 1 aromatic carbocycles. The van der Waals surface area contributed by atoms with Gasteiger partial charge in [-0.05, 0) is 43.0 Å². The lowest BCUT2D eigenvalue weighted by atomic mass is 10.0. The van der Waals surface area contributed by atoms with Crippen molar-refractivity contribution in [1.29, 1.82) is 0 Å². The molecule has 7 N–H and O–H groups in total. The number of amides is 5. The van der Waals surface area contributed by atoms with Gasteiger partial charge >= 0.3 is 12.2 Å². The Morgan fingerprint density at radius 3 is 2.29 bits per heavy atom. The van der Waals surface area contributed by atoms with Crippen molar-refractivity contribution in [2.24, 2.45) is 11.7 Å². The number of anilines is 1. The van der Waals surface area contributed by atoms with E-state index in [1.54, 1.807) is 24.3 Å². The highest BCUT2D eigenvalue weighted by atomic mass is 16.6. The van der Waals surface area contributed by atoms with Crippen molar-refractivity contribution >= 4 is 35.6 Å². The van der Waals surface area contributed by atoms with E-state index in [1.807, 2.05) is 13.8 Å². The van der Waals surface area contributed by atoms with Gasteiger partial charge in [-0.2, -0.15) is 0 Å². The van der Waals surface area contributed by atoms with Gasteiger partial charge in [-0.15, -0.1) is 0 Å². The number of unbranched alkanes of at least 4 members (excludes halogenated alkanes) is 2. The summed E-state index contributed by atoms with van der Waals surface area (Å²) in [5, 5.41) is 18.7. The molecule has 1 unspecified atom stereocenters. The Labute approximate surface area is 222 Å². The van der Waals surface area contributed by atoms with E-state index in [1.165, 1.54) is 11.9 Å². The molecule has 13 nitrogen and oxygen atoms in total. The summed E-state index contributed by atoms with van der Waals surface area (Å²) in [6.07, 6.45) is 0.929. The summed E-state index contributed by atoms with van der Waals surface area (Å²) < 4.78 is 5.18. The lowest BCUT2D eigenvalue weighted by molar-refractivity contribution is -0.130. The number of ether oxygens (including phenoxy) is 1. The van der Waals surface area contributed by atoms with Crippen LogP contribution in [0.25, 0.3) is 0 Å². The van der Waals surface area contributed by atoms with Crippen molar-refractivity contribution in [2.45, 2.75) is 52.2 Å². The van der Waals surface area contributed by atoms with Crippen molar-refractivity contribution < 1.29 is 33.8 Å². The van der Waals surface area contributed by atoms with Crippen LogP contribution < -0.4 is 27.0 Å². The zero-order valence-corrected chi connectivity index (χ0v) is 22.2. The maximum Gasteiger partial charge on any atom is 0.409 e. The molecule has 0 fully saturated rings. The van der Waals surface area contributed by atoms with Gasteiger partial charge in [-0.3, -0.25) is 14.4 Å². The highest BCUT2D eigenvalue weighted by molar-refractivity contribution is 5.96. The zero-order chi connectivity index (χ0) is 28.5. The average Bonchev–Trinajstić information content (AvgIpc) is 2.87. The molecular formula is C25H40N6O7. The molecule has 0 aliphatic rings. The van der Waals surface area contributed by atoms with Gasteiger partial charge in [0.25, 0.3) is 0 Å². The van der Waals surface area contributed by atoms with Gasteiger partial charge < -0.3 is 41.7 Å². The number of nitrogens with zero attached hydrogens (tertiary/aromatic N) is 1. The molecule has 0 radical (unpaired) electrons. The number of carboxylic acid groups (broad SMARTS) is 1. The minimum atomic E-state index is -1.17. The first-order valence-electron chi connectivity index (χ1n) is 12.5. The van der Waals surface area contributed by atoms with E-state index in [9.17, 15) is 24.0 Å². The molecule has 38 heavy (non-hydrogen) atoms. The summed E-state index contributed by atoms with van der Waals surface area (Å²) >= 11 is 0. The van der Waals surface area contributed by atoms with Crippen molar-refractivity contribution in [1.82, 2.24) is 20.9 Å². The van der Waals surface area contributed by atoms with Gasteiger partial charge in [0.2, 0.25) is 17.7 Å². The number of nitrogens with one attached hydrogen (secondary N) is 4. The average molecular weight is 537 g/mol. The molecule has 212 valence electrons. The van der Waals surface area contributed by atoms with Crippen LogP contribution in [0.3, 0.4) is 0 Å². The van der Waals surface area contributed by atoms with Gasteiger partial charge in [0.1, 0.15) is 12.6 Å². The number of carbonyl (C=O) groups is 5. The molecule has 0 heterocycles. The number of hydrogen-bond donors (Lipinski definition) is 6. The van der Waals surface area contributed by atoms with Crippen LogP contribution in [0.4, 0.5) is 15.3 Å². The van der Waals surface area contributed by atoms with Crippen LogP contribution in [-0.2, 0) is 25.7 Å². The molecule has 0 spiro atoms. The molecule has 0 bridgehead atoms. The zero-order valence-electron chi connectivity index (χ0n) is 22.2. The number of likely N-dealkylation sites (N-methyl/N-ethyl adjacent to an activating group) is 1. The Bertz CT molecular complexity index is 923. The fraction of sp³-hybridized carbons (Fsp3) is 0.560. The maximum atomic E-state index is 12.6. The second kappa shape index (κ2) is 17.6. The molecule has 1 aromatic rings. The summed E-state index contributed by atoms with van der Waals surface area (Å²) in [7, 11) is 1.49. The summed E-state index contributed by atoms with van der Waals surface area (Å²) in [5.74, 6) is -1.25. The van der Waals surface area contributed by atoms with E-state index in [0.717, 1.165) is 12.8 Å². The molecule has 1 rings (SSSR count). The van der Waals surface area contributed by atoms with Crippen LogP contribution in [0, 0.1) is 5.92 Å². The predicted octanol–water partition coefficient (Wildman–Crippen LogP) is 1.24. The maximum absolute atomic E-state index is 12.6. The standard InChI is InChI=1S/C25H40N6O7/c1-17(2)22(30-20(32)7-5-4-6-12-26)23(34)28-15-21(33)29-19-10-8-18(9-11-19)16-38-25(37)31(3)14-13-27-24(35)36/h8-11,17,22,27H,4-7,12-16,26H2,1-3H3,(H,28,34)(H,29,33)(H,30,32)(H,35,36). The van der Waals surface area contributed by atoms with E-state index in [-0.39, 0.29) is 38.1 Å². The summed E-state index contributed by atoms with van der Waals surface area (Å²) in [5.41, 5.74) is 6.62. The minimum absolute atomic E-state index is 0.00482. The Kier molecular flexibility index (Phi) is 14.9. The first kappa shape index (κ1) is 32.2. The molecular weight excluding hydrogens is 496 g/mol. The van der Waals surface area contributed by atoms with Crippen LogP contribution >= 0.6 is 0 Å². The first-order chi connectivity index (χ1) is 18.0. The van der Waals surface area contributed by atoms with Crippen molar-refractivity contribution in [3.63, 3.8) is 0 Å². The summed E-state index contributed by atoms with van der Waals surface area (Å²) in [4.78, 5) is 60.7. The lowest BCUT2D eigenvalue weighted by Gasteiger charge is -2.21. The smallest absolute Gasteiger partial charge is 0.409 e. The van der Waals surface area contributed by atoms with E-state index in [2.05, 4.69) is 21.3 Å². The van der Waals surface area contributed by atoms with Crippen LogP contribution in [-0.4, -0.2) is 79.2 Å². The molecule has 5 amide bonds. The number of rotatable bonds is 16. The summed E-state index contributed by atoms with van der Waals surface area (Å²) in [6.45, 7) is 4.17. The first-order valence-corrected chi connectivity index (χ1v) is 12.5. The van der Waals surface area contributed by atoms with Gasteiger partial charge in [0.15, 0.2) is 0 Å². The molecule has 0 aliphatic heterocycles. The molecule has 13 heteroatoms. The fourth-order valence-corrected chi connectivity index (χ4v) is 3.23. The fourth-order valence-electron chi connectivity index (χ4n) is 3.23. The van der Waals surface area contributed by atoms with Gasteiger partial charge in [0, 0.05) is 32.2 Å². The van der Waals surface area contributed by atoms with Crippen molar-refractivity contribution in [2.75, 3.05) is 38.5 Å². The van der Waals surface area contributed by atoms with Gasteiger partial charge in [-0.1, -0.05) is 32.4 Å². The minimum Gasteiger partial charge on any atom is -0.465 e. The molecule has 0 saturated carbocycles. The van der Waals surface area contributed by atoms with E-state index >= 15 is 0 Å². The van der Waals surface area contributed by atoms with Gasteiger partial charge in [0.05, 0.1) is 6.54 Å². The second-order valence-electron chi connectivity index (χ2n) is 9.06. The Morgan fingerprint density at radius 1 is 1.00 bits per heavy atom. The van der Waals surface area contributed by atoms with Gasteiger partial charge in [-0.25, -0.2) is 9.59 Å². The molecule has 0 aromatic heterocycles. The quantitative estimate of drug-likeness (QED) is 0.170. The second-order valence-corrected chi connectivity index (χ2v) is 9.06. The van der Waals surface area contributed by atoms with Crippen LogP contribution in [0.1, 0.15) is 45.1 Å². The van der Waals surface area contributed by atoms with Crippen LogP contribution in [0.2, 0.25) is 0 Å². The molecule has 0 aliphatic carbocycles. The Hall–Kier alpha value is -3.87. The number of benzene rings is 1. The van der Waals surface area contributed by atoms with Crippen molar-refractivity contribution in [3.05, 3.63) is 29.8 Å². The normalized spacial score (nSPS) is 11.3. The lowest BCUT2D eigenvalue weighted by Crippen LogP contribution is -2.51. The Balaban J connectivity index is 2.44.